The van der Waals surface area contributed by atoms with Crippen molar-refractivity contribution in [3.63, 3.8) is 0 Å². The fourth-order valence-electron chi connectivity index (χ4n) is 3.51. The van der Waals surface area contributed by atoms with Gasteiger partial charge >= 0.3 is 0 Å². The Morgan fingerprint density at radius 3 is 2.47 bits per heavy atom. The molecule has 2 aliphatic carbocycles. The first-order chi connectivity index (χ1) is 6.96. The van der Waals surface area contributed by atoms with Gasteiger partial charge in [0.25, 0.3) is 0 Å². The van der Waals surface area contributed by atoms with Crippen LogP contribution in [-0.4, -0.2) is 0 Å². The van der Waals surface area contributed by atoms with E-state index in [1.807, 2.05) is 0 Å². The molecule has 15 heavy (non-hydrogen) atoms. The highest BCUT2D eigenvalue weighted by atomic mass is 14.5. The third-order valence-electron chi connectivity index (χ3n) is 5.20. The van der Waals surface area contributed by atoms with E-state index < -0.39 is 0 Å². The van der Waals surface area contributed by atoms with E-state index in [-0.39, 0.29) is 0 Å². The van der Waals surface area contributed by atoms with Crippen molar-refractivity contribution in [3.8, 4) is 0 Å². The molecule has 0 nitrogen and oxygen atoms in total. The predicted molar refractivity (Wildman–Crippen MR) is 66.7 cm³/mol. The topological polar surface area (TPSA) is 0 Å². The van der Waals surface area contributed by atoms with Gasteiger partial charge in [0, 0.05) is 0 Å². The van der Waals surface area contributed by atoms with E-state index in [4.69, 9.17) is 0 Å². The number of hydrogen-bond donors (Lipinski definition) is 0. The lowest BCUT2D eigenvalue weighted by molar-refractivity contribution is 0.0726. The Kier molecular flexibility index (Phi) is 2.56. The molecule has 2 atom stereocenters. The van der Waals surface area contributed by atoms with Gasteiger partial charge < -0.3 is 0 Å². The molecule has 0 N–H and O–H groups in total. The Bertz CT molecular complexity index is 295. The third kappa shape index (κ3) is 1.68. The lowest BCUT2D eigenvalue weighted by Crippen LogP contribution is -2.37. The molecular weight excluding hydrogens is 180 g/mol. The van der Waals surface area contributed by atoms with Crippen molar-refractivity contribution in [3.05, 3.63) is 24.3 Å². The fourth-order valence-corrected chi connectivity index (χ4v) is 3.51. The van der Waals surface area contributed by atoms with Crippen molar-refractivity contribution < 1.29 is 0 Å². The van der Waals surface area contributed by atoms with Gasteiger partial charge in [0.15, 0.2) is 0 Å². The quantitative estimate of drug-likeness (QED) is 0.579. The number of rotatable bonds is 1. The molecule has 0 spiro atoms. The van der Waals surface area contributed by atoms with E-state index in [0.29, 0.717) is 10.8 Å². The Balaban J connectivity index is 2.23. The highest BCUT2D eigenvalue weighted by molar-refractivity contribution is 5.21. The van der Waals surface area contributed by atoms with Gasteiger partial charge in [0.05, 0.1) is 0 Å². The Hall–Kier alpha value is -0.520. The first-order valence-electron chi connectivity index (χ1n) is 6.32. The minimum Gasteiger partial charge on any atom is -0.0958 e. The SMILES string of the molecule is C=C1C=CC([C@]2(C)CCCC2(C)C)CC1. The van der Waals surface area contributed by atoms with Crippen molar-refractivity contribution in [2.75, 3.05) is 0 Å². The summed E-state index contributed by atoms with van der Waals surface area (Å²) in [5, 5.41) is 0. The molecule has 0 heteroatoms. The molecule has 0 amide bonds. The van der Waals surface area contributed by atoms with Crippen LogP contribution in [0.2, 0.25) is 0 Å². The van der Waals surface area contributed by atoms with Gasteiger partial charge in [-0.25, -0.2) is 0 Å². The fraction of sp³-hybridized carbons (Fsp3) is 0.733. The minimum absolute atomic E-state index is 0.515. The zero-order valence-electron chi connectivity index (χ0n) is 10.5. The number of hydrogen-bond acceptors (Lipinski definition) is 0. The molecule has 0 heterocycles. The summed E-state index contributed by atoms with van der Waals surface area (Å²) in [6.07, 6.45) is 11.4. The highest BCUT2D eigenvalue weighted by Gasteiger charge is 2.48. The van der Waals surface area contributed by atoms with Crippen LogP contribution >= 0.6 is 0 Å². The maximum atomic E-state index is 4.05. The van der Waals surface area contributed by atoms with Crippen LogP contribution in [0.4, 0.5) is 0 Å². The van der Waals surface area contributed by atoms with Crippen LogP contribution in [0.25, 0.3) is 0 Å². The van der Waals surface area contributed by atoms with Crippen LogP contribution in [-0.2, 0) is 0 Å². The molecule has 1 fully saturated rings. The second kappa shape index (κ2) is 3.50. The molecule has 1 saturated carbocycles. The van der Waals surface area contributed by atoms with E-state index in [1.54, 1.807) is 0 Å². The molecule has 0 aromatic heterocycles. The standard InChI is InChI=1S/C15H24/c1-12-6-8-13(9-7-12)15(4)11-5-10-14(15,2)3/h6,8,13H,1,5,7,9-11H2,2-4H3/t13?,15-/m0/s1. The van der Waals surface area contributed by atoms with Gasteiger partial charge in [-0.05, 0) is 42.4 Å². The summed E-state index contributed by atoms with van der Waals surface area (Å²) in [4.78, 5) is 0. The first-order valence-corrected chi connectivity index (χ1v) is 6.32. The second-order valence-electron chi connectivity index (χ2n) is 6.32. The van der Waals surface area contributed by atoms with Crippen molar-refractivity contribution in [1.82, 2.24) is 0 Å². The molecule has 0 bridgehead atoms. The first kappa shape index (κ1) is 11.0. The maximum absolute atomic E-state index is 4.05. The Morgan fingerprint density at radius 2 is 2.00 bits per heavy atom. The van der Waals surface area contributed by atoms with Crippen LogP contribution < -0.4 is 0 Å². The summed E-state index contributed by atoms with van der Waals surface area (Å²) in [6.45, 7) is 11.5. The zero-order chi connectivity index (χ0) is 11.1. The van der Waals surface area contributed by atoms with Crippen molar-refractivity contribution in [2.24, 2.45) is 16.7 Å². The molecule has 0 aromatic carbocycles. The Morgan fingerprint density at radius 1 is 1.27 bits per heavy atom. The van der Waals surface area contributed by atoms with Crippen molar-refractivity contribution in [2.45, 2.75) is 52.9 Å². The van der Waals surface area contributed by atoms with Crippen LogP contribution in [0.15, 0.2) is 24.3 Å². The summed E-state index contributed by atoms with van der Waals surface area (Å²) in [6, 6.07) is 0. The summed E-state index contributed by atoms with van der Waals surface area (Å²) in [5.41, 5.74) is 2.34. The predicted octanol–water partition coefficient (Wildman–Crippen LogP) is 4.73. The second-order valence-corrected chi connectivity index (χ2v) is 6.32. The minimum atomic E-state index is 0.515. The van der Waals surface area contributed by atoms with Gasteiger partial charge in [-0.1, -0.05) is 51.5 Å². The van der Waals surface area contributed by atoms with E-state index in [0.717, 1.165) is 5.92 Å². The van der Waals surface area contributed by atoms with Crippen LogP contribution in [0.5, 0.6) is 0 Å². The molecular formula is C15H24. The van der Waals surface area contributed by atoms with E-state index in [9.17, 15) is 0 Å². The molecule has 0 aliphatic heterocycles. The van der Waals surface area contributed by atoms with Gasteiger partial charge in [-0.3, -0.25) is 0 Å². The molecule has 0 aromatic rings. The summed E-state index contributed by atoms with van der Waals surface area (Å²) in [5.74, 6) is 0.778. The molecule has 0 radical (unpaired) electrons. The lowest BCUT2D eigenvalue weighted by Gasteiger charge is -2.45. The van der Waals surface area contributed by atoms with Gasteiger partial charge in [-0.15, -0.1) is 0 Å². The Labute approximate surface area is 94.5 Å². The lowest BCUT2D eigenvalue weighted by atomic mass is 9.60. The van der Waals surface area contributed by atoms with Crippen LogP contribution in [0.3, 0.4) is 0 Å². The molecule has 0 saturated heterocycles. The smallest absolute Gasteiger partial charge is 0.0168 e. The van der Waals surface area contributed by atoms with Gasteiger partial charge in [0.2, 0.25) is 0 Å². The number of allylic oxidation sites excluding steroid dienone is 3. The van der Waals surface area contributed by atoms with Crippen molar-refractivity contribution >= 4 is 0 Å². The van der Waals surface area contributed by atoms with Gasteiger partial charge in [0.1, 0.15) is 0 Å². The van der Waals surface area contributed by atoms with E-state index in [2.05, 4.69) is 39.5 Å². The average molecular weight is 204 g/mol. The largest absolute Gasteiger partial charge is 0.0958 e. The van der Waals surface area contributed by atoms with E-state index >= 15 is 0 Å². The normalized spacial score (nSPS) is 39.7. The zero-order valence-corrected chi connectivity index (χ0v) is 10.5. The van der Waals surface area contributed by atoms with Crippen LogP contribution in [0, 0.1) is 16.7 Å². The van der Waals surface area contributed by atoms with E-state index in [1.165, 1.54) is 37.7 Å². The molecule has 2 aliphatic rings. The van der Waals surface area contributed by atoms with Crippen molar-refractivity contribution in [1.29, 1.82) is 0 Å². The van der Waals surface area contributed by atoms with Crippen LogP contribution in [0.1, 0.15) is 52.9 Å². The highest BCUT2D eigenvalue weighted by Crippen LogP contribution is 2.58. The third-order valence-corrected chi connectivity index (χ3v) is 5.20. The maximum Gasteiger partial charge on any atom is -0.0168 e. The molecule has 1 unspecified atom stereocenters. The molecule has 2 rings (SSSR count). The van der Waals surface area contributed by atoms with Gasteiger partial charge in [-0.2, -0.15) is 0 Å². The average Bonchev–Trinajstić information content (AvgIpc) is 2.43. The summed E-state index contributed by atoms with van der Waals surface area (Å²) in [7, 11) is 0. The molecule has 84 valence electrons. The monoisotopic (exact) mass is 204 g/mol. The summed E-state index contributed by atoms with van der Waals surface area (Å²) >= 11 is 0. The summed E-state index contributed by atoms with van der Waals surface area (Å²) < 4.78 is 0.